The Hall–Kier alpha value is -2.11. The Kier molecular flexibility index (Phi) is 2.44. The van der Waals surface area contributed by atoms with E-state index in [0.717, 1.165) is 0 Å². The summed E-state index contributed by atoms with van der Waals surface area (Å²) in [6.45, 7) is 0. The Morgan fingerprint density at radius 2 is 2.23 bits per heavy atom. The Morgan fingerprint density at radius 1 is 1.54 bits per heavy atom. The number of carbonyl (C=O) groups is 1. The summed E-state index contributed by atoms with van der Waals surface area (Å²) in [6, 6.07) is 5.38. The van der Waals surface area contributed by atoms with Gasteiger partial charge in [-0.1, -0.05) is 6.07 Å². The van der Waals surface area contributed by atoms with Crippen LogP contribution in [0.2, 0.25) is 0 Å². The van der Waals surface area contributed by atoms with Gasteiger partial charge in [-0.15, -0.1) is 5.43 Å². The van der Waals surface area contributed by atoms with Crippen LogP contribution in [0.5, 0.6) is 0 Å². The molecule has 0 amide bonds. The molecule has 1 aromatic rings. The van der Waals surface area contributed by atoms with E-state index in [1.807, 2.05) is 5.43 Å². The minimum Gasteiger partial charge on any atom is -0.478 e. The lowest BCUT2D eigenvalue weighted by molar-refractivity contribution is -0.445. The van der Waals surface area contributed by atoms with Crippen LogP contribution in [0.1, 0.15) is 10.4 Å². The Morgan fingerprint density at radius 3 is 2.77 bits per heavy atom. The average Bonchev–Trinajstić information content (AvgIpc) is 2.03. The van der Waals surface area contributed by atoms with Crippen LogP contribution in [0.15, 0.2) is 24.3 Å². The topological polar surface area (TPSA) is 92.5 Å². The number of nitrogens with one attached hydrogen (secondary N) is 1. The molecule has 1 aromatic carbocycles. The van der Waals surface area contributed by atoms with Crippen molar-refractivity contribution in [1.82, 2.24) is 0 Å². The zero-order valence-corrected chi connectivity index (χ0v) is 6.43. The van der Waals surface area contributed by atoms with E-state index in [1.165, 1.54) is 24.3 Å². The number of hydrogen-bond acceptors (Lipinski definition) is 3. The molecule has 0 saturated heterocycles. The summed E-state index contributed by atoms with van der Waals surface area (Å²) in [6.07, 6.45) is 0. The SMILES string of the molecule is O=C(O)c1cccc(N[N+](=O)[O-])c1. The fourth-order valence-corrected chi connectivity index (χ4v) is 0.827. The summed E-state index contributed by atoms with van der Waals surface area (Å²) in [5, 5.41) is 17.8. The van der Waals surface area contributed by atoms with Gasteiger partial charge in [0.25, 0.3) is 0 Å². The molecule has 1 rings (SSSR count). The minimum atomic E-state index is -1.12. The zero-order valence-electron chi connectivity index (χ0n) is 6.43. The maximum absolute atomic E-state index is 10.4. The van der Waals surface area contributed by atoms with Crippen molar-refractivity contribution in [2.45, 2.75) is 0 Å². The van der Waals surface area contributed by atoms with Crippen LogP contribution >= 0.6 is 0 Å². The summed E-state index contributed by atoms with van der Waals surface area (Å²) >= 11 is 0. The van der Waals surface area contributed by atoms with Gasteiger partial charge in [0.05, 0.1) is 5.56 Å². The second kappa shape index (κ2) is 3.53. The zero-order chi connectivity index (χ0) is 9.84. The predicted molar refractivity (Wildman–Crippen MR) is 44.0 cm³/mol. The summed E-state index contributed by atoms with van der Waals surface area (Å²) in [5.74, 6) is -1.12. The van der Waals surface area contributed by atoms with E-state index in [1.54, 1.807) is 0 Å². The summed E-state index contributed by atoms with van der Waals surface area (Å²) < 4.78 is 0. The van der Waals surface area contributed by atoms with Crippen molar-refractivity contribution in [2.24, 2.45) is 0 Å². The number of nitrogens with zero attached hydrogens (tertiary/aromatic N) is 1. The molecule has 0 spiro atoms. The number of nitro groups is 1. The molecule has 0 aliphatic rings. The number of carboxylic acid groups (broad SMARTS) is 1. The summed E-state index contributed by atoms with van der Waals surface area (Å²) in [7, 11) is 0. The third-order valence-electron chi connectivity index (χ3n) is 1.33. The number of anilines is 1. The minimum absolute atomic E-state index is 0.00634. The number of rotatable bonds is 3. The van der Waals surface area contributed by atoms with Gasteiger partial charge >= 0.3 is 5.97 Å². The highest BCUT2D eigenvalue weighted by Gasteiger charge is 2.04. The number of benzene rings is 1. The van der Waals surface area contributed by atoms with Crippen molar-refractivity contribution >= 4 is 11.7 Å². The Balaban J connectivity index is 2.91. The van der Waals surface area contributed by atoms with E-state index in [0.29, 0.717) is 0 Å². The average molecular weight is 182 g/mol. The van der Waals surface area contributed by atoms with Crippen LogP contribution in [-0.2, 0) is 0 Å². The fourth-order valence-electron chi connectivity index (χ4n) is 0.827. The lowest BCUT2D eigenvalue weighted by atomic mass is 10.2. The third-order valence-corrected chi connectivity index (χ3v) is 1.33. The van der Waals surface area contributed by atoms with E-state index < -0.39 is 11.0 Å². The highest BCUT2D eigenvalue weighted by atomic mass is 16.7. The fraction of sp³-hybridized carbons (Fsp3) is 0. The van der Waals surface area contributed by atoms with Crippen molar-refractivity contribution in [3.8, 4) is 0 Å². The van der Waals surface area contributed by atoms with E-state index in [9.17, 15) is 14.9 Å². The smallest absolute Gasteiger partial charge is 0.335 e. The molecule has 0 saturated carbocycles. The first-order valence-electron chi connectivity index (χ1n) is 3.34. The van der Waals surface area contributed by atoms with Crippen molar-refractivity contribution < 1.29 is 14.9 Å². The molecule has 0 fully saturated rings. The largest absolute Gasteiger partial charge is 0.478 e. The van der Waals surface area contributed by atoms with Crippen LogP contribution in [0.3, 0.4) is 0 Å². The highest BCUT2D eigenvalue weighted by Crippen LogP contribution is 2.09. The van der Waals surface area contributed by atoms with Gasteiger partial charge in [-0.3, -0.25) is 0 Å². The molecule has 6 heteroatoms. The molecule has 68 valence electrons. The molecular weight excluding hydrogens is 176 g/mol. The number of hydrogen-bond donors (Lipinski definition) is 2. The molecular formula is C7H6N2O4. The predicted octanol–water partition coefficient (Wildman–Crippen LogP) is 0.988. The molecule has 0 aromatic heterocycles. The van der Waals surface area contributed by atoms with Crippen LogP contribution < -0.4 is 5.43 Å². The van der Waals surface area contributed by atoms with Crippen molar-refractivity contribution in [2.75, 3.05) is 5.43 Å². The van der Waals surface area contributed by atoms with Crippen molar-refractivity contribution in [3.63, 3.8) is 0 Å². The normalized spacial score (nSPS) is 9.23. The van der Waals surface area contributed by atoms with Gasteiger partial charge in [0.2, 0.25) is 0 Å². The molecule has 2 N–H and O–H groups in total. The first-order valence-corrected chi connectivity index (χ1v) is 3.34. The van der Waals surface area contributed by atoms with Crippen LogP contribution in [-0.4, -0.2) is 16.1 Å². The molecule has 0 heterocycles. The maximum atomic E-state index is 10.4. The summed E-state index contributed by atoms with van der Waals surface area (Å²) in [5.41, 5.74) is 2.01. The van der Waals surface area contributed by atoms with E-state index >= 15 is 0 Å². The Labute approximate surface area is 72.9 Å². The standard InChI is InChI=1S/C7H6N2O4/c10-7(11)5-2-1-3-6(4-5)8-9(12)13/h1-4,8H,(H,10,11). The van der Waals surface area contributed by atoms with E-state index in [2.05, 4.69) is 0 Å². The highest BCUT2D eigenvalue weighted by molar-refractivity contribution is 5.88. The van der Waals surface area contributed by atoms with Gasteiger partial charge in [-0.2, -0.15) is 0 Å². The van der Waals surface area contributed by atoms with Gasteiger partial charge in [0.15, 0.2) is 5.03 Å². The van der Waals surface area contributed by atoms with Gasteiger partial charge in [-0.25, -0.2) is 14.9 Å². The second-order valence-corrected chi connectivity index (χ2v) is 2.25. The van der Waals surface area contributed by atoms with Crippen molar-refractivity contribution in [3.05, 3.63) is 39.9 Å². The second-order valence-electron chi connectivity index (χ2n) is 2.25. The molecule has 6 nitrogen and oxygen atoms in total. The van der Waals surface area contributed by atoms with Crippen molar-refractivity contribution in [1.29, 1.82) is 0 Å². The Bertz CT molecular complexity index is 350. The van der Waals surface area contributed by atoms with Crippen LogP contribution in [0, 0.1) is 10.1 Å². The van der Waals surface area contributed by atoms with Crippen LogP contribution in [0.4, 0.5) is 5.69 Å². The monoisotopic (exact) mass is 182 g/mol. The number of carboxylic acids is 1. The van der Waals surface area contributed by atoms with Gasteiger partial charge < -0.3 is 5.11 Å². The number of aromatic carboxylic acids is 1. The molecule has 13 heavy (non-hydrogen) atoms. The molecule has 0 radical (unpaired) electrons. The third kappa shape index (κ3) is 2.44. The summed E-state index contributed by atoms with van der Waals surface area (Å²) in [4.78, 5) is 20.4. The molecule has 0 bridgehead atoms. The molecule has 0 aliphatic heterocycles. The van der Waals surface area contributed by atoms with Crippen LogP contribution in [0.25, 0.3) is 0 Å². The first kappa shape index (κ1) is 8.98. The lowest BCUT2D eigenvalue weighted by Gasteiger charge is -1.97. The lowest BCUT2D eigenvalue weighted by Crippen LogP contribution is -2.08. The van der Waals surface area contributed by atoms with Gasteiger partial charge in [0.1, 0.15) is 5.69 Å². The quantitative estimate of drug-likeness (QED) is 0.537. The maximum Gasteiger partial charge on any atom is 0.335 e. The molecule has 0 unspecified atom stereocenters. The molecule has 0 atom stereocenters. The van der Waals surface area contributed by atoms with Gasteiger partial charge in [0, 0.05) is 0 Å². The first-order chi connectivity index (χ1) is 6.09. The number of hydrazine groups is 1. The van der Waals surface area contributed by atoms with E-state index in [4.69, 9.17) is 5.11 Å². The molecule has 0 aliphatic carbocycles. The van der Waals surface area contributed by atoms with E-state index in [-0.39, 0.29) is 11.3 Å². The van der Waals surface area contributed by atoms with Gasteiger partial charge in [-0.05, 0) is 18.2 Å².